The third-order valence-electron chi connectivity index (χ3n) is 3.85. The highest BCUT2D eigenvalue weighted by Gasteiger charge is 2.29. The van der Waals surface area contributed by atoms with Crippen LogP contribution >= 0.6 is 0 Å². The van der Waals surface area contributed by atoms with E-state index in [4.69, 9.17) is 0 Å². The molecule has 0 saturated carbocycles. The van der Waals surface area contributed by atoms with E-state index in [-0.39, 0.29) is 5.91 Å². The number of nitrogens with zero attached hydrogens (tertiary/aromatic N) is 2. The van der Waals surface area contributed by atoms with Gasteiger partial charge < -0.3 is 9.88 Å². The van der Waals surface area contributed by atoms with Gasteiger partial charge >= 0.3 is 0 Å². The van der Waals surface area contributed by atoms with E-state index in [1.165, 1.54) is 0 Å². The fraction of sp³-hybridized carbons (Fsp3) is 0.375. The van der Waals surface area contributed by atoms with Gasteiger partial charge in [-0.1, -0.05) is 17.7 Å². The van der Waals surface area contributed by atoms with Gasteiger partial charge in [0.2, 0.25) is 0 Å². The molecule has 0 radical (unpaired) electrons. The summed E-state index contributed by atoms with van der Waals surface area (Å²) in [6.45, 7) is 5.56. The van der Waals surface area contributed by atoms with Crippen molar-refractivity contribution in [3.63, 3.8) is 0 Å². The number of imidazole rings is 1. The molecule has 1 atom stereocenters. The predicted octanol–water partition coefficient (Wildman–Crippen LogP) is 2.66. The third-order valence-corrected chi connectivity index (χ3v) is 3.85. The maximum atomic E-state index is 12.5. The first kappa shape index (κ1) is 12.9. The summed E-state index contributed by atoms with van der Waals surface area (Å²) in [6, 6.07) is 7.79. The number of aromatic amines is 1. The number of aromatic nitrogens is 2. The number of carbonyl (C=O) groups excluding carboxylic acids is 1. The van der Waals surface area contributed by atoms with Crippen LogP contribution in [0.15, 0.2) is 30.5 Å². The molecule has 1 fully saturated rings. The first-order valence-electron chi connectivity index (χ1n) is 7.01. The molecule has 4 nitrogen and oxygen atoms in total. The van der Waals surface area contributed by atoms with Crippen LogP contribution in [0.3, 0.4) is 0 Å². The van der Waals surface area contributed by atoms with Crippen molar-refractivity contribution in [1.29, 1.82) is 0 Å². The van der Waals surface area contributed by atoms with Crippen molar-refractivity contribution >= 4 is 5.91 Å². The molecule has 1 aliphatic rings. The van der Waals surface area contributed by atoms with Crippen LogP contribution in [0.25, 0.3) is 0 Å². The molecule has 1 amide bonds. The van der Waals surface area contributed by atoms with Crippen LogP contribution < -0.4 is 0 Å². The summed E-state index contributed by atoms with van der Waals surface area (Å²) in [6.07, 6.45) is 2.82. The van der Waals surface area contributed by atoms with Crippen LogP contribution in [-0.4, -0.2) is 33.9 Å². The molecule has 2 aromatic rings. The van der Waals surface area contributed by atoms with Crippen molar-refractivity contribution in [2.75, 3.05) is 13.1 Å². The molecule has 2 heterocycles. The van der Waals surface area contributed by atoms with Crippen molar-refractivity contribution in [3.05, 3.63) is 53.1 Å². The number of likely N-dealkylation sites (tertiary alicyclic amines) is 1. The highest BCUT2D eigenvalue weighted by molar-refractivity contribution is 5.94. The highest BCUT2D eigenvalue weighted by Crippen LogP contribution is 2.26. The van der Waals surface area contributed by atoms with Crippen molar-refractivity contribution in [2.24, 2.45) is 0 Å². The van der Waals surface area contributed by atoms with Gasteiger partial charge in [-0.15, -0.1) is 0 Å². The molecule has 104 valence electrons. The Labute approximate surface area is 118 Å². The number of amides is 1. The Bertz CT molecular complexity index is 632. The zero-order valence-corrected chi connectivity index (χ0v) is 11.9. The van der Waals surface area contributed by atoms with E-state index in [9.17, 15) is 4.79 Å². The zero-order chi connectivity index (χ0) is 14.1. The van der Waals surface area contributed by atoms with Gasteiger partial charge in [-0.25, -0.2) is 4.98 Å². The average Bonchev–Trinajstić information content (AvgIpc) is 3.06. The summed E-state index contributed by atoms with van der Waals surface area (Å²) in [5, 5.41) is 0. The number of benzene rings is 1. The zero-order valence-electron chi connectivity index (χ0n) is 11.9. The number of H-pyrrole nitrogens is 1. The highest BCUT2D eigenvalue weighted by atomic mass is 16.2. The summed E-state index contributed by atoms with van der Waals surface area (Å²) >= 11 is 0. The minimum atomic E-state index is 0.125. The van der Waals surface area contributed by atoms with Crippen LogP contribution in [0, 0.1) is 13.8 Å². The molecule has 4 heteroatoms. The van der Waals surface area contributed by atoms with Gasteiger partial charge in [-0.2, -0.15) is 0 Å². The minimum Gasteiger partial charge on any atom is -0.346 e. The van der Waals surface area contributed by atoms with Crippen molar-refractivity contribution < 1.29 is 4.79 Å². The molecule has 1 saturated heterocycles. The molecule has 20 heavy (non-hydrogen) atoms. The molecular formula is C16H19N3O. The lowest BCUT2D eigenvalue weighted by molar-refractivity contribution is 0.0790. The molecule has 0 aliphatic carbocycles. The molecule has 3 rings (SSSR count). The van der Waals surface area contributed by atoms with Gasteiger partial charge in [0, 0.05) is 36.5 Å². The summed E-state index contributed by atoms with van der Waals surface area (Å²) in [5.74, 6) is 1.46. The minimum absolute atomic E-state index is 0.125. The van der Waals surface area contributed by atoms with Gasteiger partial charge in [-0.3, -0.25) is 4.79 Å². The second-order valence-electron chi connectivity index (χ2n) is 5.56. The number of hydrogen-bond acceptors (Lipinski definition) is 2. The molecule has 1 unspecified atom stereocenters. The Morgan fingerprint density at radius 1 is 1.40 bits per heavy atom. The maximum absolute atomic E-state index is 12.5. The summed E-state index contributed by atoms with van der Waals surface area (Å²) in [5.41, 5.74) is 2.97. The largest absolute Gasteiger partial charge is 0.346 e. The Kier molecular flexibility index (Phi) is 3.30. The fourth-order valence-corrected chi connectivity index (χ4v) is 2.77. The lowest BCUT2D eigenvalue weighted by Gasteiger charge is -2.16. The molecule has 1 N–H and O–H groups in total. The first-order chi connectivity index (χ1) is 9.63. The standard InChI is InChI=1S/C16H19N3O/c1-11-4-3-5-13(8-11)16(20)19-7-6-14(10-19)15-17-9-12(2)18-15/h3-5,8-9,14H,6-7,10H2,1-2H3,(H,17,18). The molecule has 0 bridgehead atoms. The Hall–Kier alpha value is -2.10. The van der Waals surface area contributed by atoms with Crippen molar-refractivity contribution in [1.82, 2.24) is 14.9 Å². The van der Waals surface area contributed by atoms with E-state index < -0.39 is 0 Å². The summed E-state index contributed by atoms with van der Waals surface area (Å²) < 4.78 is 0. The Morgan fingerprint density at radius 2 is 2.25 bits per heavy atom. The smallest absolute Gasteiger partial charge is 0.253 e. The van der Waals surface area contributed by atoms with Gasteiger partial charge in [0.25, 0.3) is 5.91 Å². The van der Waals surface area contributed by atoms with Crippen molar-refractivity contribution in [2.45, 2.75) is 26.2 Å². The topological polar surface area (TPSA) is 49.0 Å². The SMILES string of the molecule is Cc1cccc(C(=O)N2CCC(c3ncc(C)[nH]3)C2)c1. The monoisotopic (exact) mass is 269 g/mol. The number of aryl methyl sites for hydroxylation is 2. The number of hydrogen-bond donors (Lipinski definition) is 1. The Balaban J connectivity index is 1.72. The predicted molar refractivity (Wildman–Crippen MR) is 77.8 cm³/mol. The molecule has 1 aromatic carbocycles. The number of carbonyl (C=O) groups is 1. The summed E-state index contributed by atoms with van der Waals surface area (Å²) in [4.78, 5) is 22.1. The second kappa shape index (κ2) is 5.12. The van der Waals surface area contributed by atoms with Gasteiger partial charge in [0.1, 0.15) is 5.82 Å². The lowest BCUT2D eigenvalue weighted by atomic mass is 10.1. The lowest BCUT2D eigenvalue weighted by Crippen LogP contribution is -2.28. The fourth-order valence-electron chi connectivity index (χ4n) is 2.77. The van der Waals surface area contributed by atoms with Crippen LogP contribution in [0.5, 0.6) is 0 Å². The van der Waals surface area contributed by atoms with Gasteiger partial charge in [-0.05, 0) is 32.4 Å². The van der Waals surface area contributed by atoms with E-state index in [2.05, 4.69) is 9.97 Å². The Morgan fingerprint density at radius 3 is 2.95 bits per heavy atom. The van der Waals surface area contributed by atoms with Crippen LogP contribution in [0.4, 0.5) is 0 Å². The van der Waals surface area contributed by atoms with E-state index in [0.29, 0.717) is 5.92 Å². The average molecular weight is 269 g/mol. The van der Waals surface area contributed by atoms with Crippen LogP contribution in [0.2, 0.25) is 0 Å². The first-order valence-corrected chi connectivity index (χ1v) is 7.01. The van der Waals surface area contributed by atoms with E-state index in [1.807, 2.05) is 49.2 Å². The number of nitrogens with one attached hydrogen (secondary N) is 1. The van der Waals surface area contributed by atoms with E-state index >= 15 is 0 Å². The third kappa shape index (κ3) is 2.46. The normalized spacial score (nSPS) is 18.5. The van der Waals surface area contributed by atoms with E-state index in [0.717, 1.165) is 42.2 Å². The molecule has 1 aromatic heterocycles. The van der Waals surface area contributed by atoms with Gasteiger partial charge in [0.15, 0.2) is 0 Å². The maximum Gasteiger partial charge on any atom is 0.253 e. The molecule has 1 aliphatic heterocycles. The summed E-state index contributed by atoms with van der Waals surface area (Å²) in [7, 11) is 0. The van der Waals surface area contributed by atoms with Crippen LogP contribution in [0.1, 0.15) is 39.8 Å². The number of rotatable bonds is 2. The van der Waals surface area contributed by atoms with Gasteiger partial charge in [0.05, 0.1) is 0 Å². The van der Waals surface area contributed by atoms with Crippen LogP contribution in [-0.2, 0) is 0 Å². The van der Waals surface area contributed by atoms with E-state index in [1.54, 1.807) is 0 Å². The van der Waals surface area contributed by atoms with Crippen molar-refractivity contribution in [3.8, 4) is 0 Å². The molecular weight excluding hydrogens is 250 g/mol. The molecule has 0 spiro atoms. The second-order valence-corrected chi connectivity index (χ2v) is 5.56. The quantitative estimate of drug-likeness (QED) is 0.911.